The predicted octanol–water partition coefficient (Wildman–Crippen LogP) is 7.04. The van der Waals surface area contributed by atoms with Crippen molar-refractivity contribution in [2.75, 3.05) is 14.2 Å². The first-order valence-corrected chi connectivity index (χ1v) is 11.4. The molecule has 1 atom stereocenters. The lowest BCUT2D eigenvalue weighted by molar-refractivity contribution is -0.369. The van der Waals surface area contributed by atoms with Crippen LogP contribution >= 0.6 is 0 Å². The van der Waals surface area contributed by atoms with Gasteiger partial charge in [0, 0.05) is 20.1 Å². The molecular formula is C24H38F4O3. The molecule has 0 saturated heterocycles. The molecule has 0 aliphatic rings. The van der Waals surface area contributed by atoms with E-state index in [0.717, 1.165) is 44.6 Å². The van der Waals surface area contributed by atoms with Crippen molar-refractivity contribution < 1.29 is 32.1 Å². The van der Waals surface area contributed by atoms with Crippen molar-refractivity contribution in [1.29, 1.82) is 0 Å². The monoisotopic (exact) mass is 450 g/mol. The van der Waals surface area contributed by atoms with Gasteiger partial charge in [-0.2, -0.15) is 0 Å². The minimum absolute atomic E-state index is 0.140. The van der Waals surface area contributed by atoms with Gasteiger partial charge in [0.1, 0.15) is 0 Å². The zero-order valence-electron chi connectivity index (χ0n) is 19.1. The quantitative estimate of drug-likeness (QED) is 0.0909. The number of aryl methyl sites for hydroxylation is 1. The van der Waals surface area contributed by atoms with Crippen LogP contribution < -0.4 is 0 Å². The predicted molar refractivity (Wildman–Crippen MR) is 114 cm³/mol. The van der Waals surface area contributed by atoms with E-state index in [1.54, 1.807) is 0 Å². The van der Waals surface area contributed by atoms with Crippen LogP contribution in [0, 0.1) is 29.2 Å². The molecule has 180 valence electrons. The van der Waals surface area contributed by atoms with E-state index in [4.69, 9.17) is 9.47 Å². The molecule has 0 saturated carbocycles. The van der Waals surface area contributed by atoms with Gasteiger partial charge in [0.25, 0.3) is 5.97 Å². The van der Waals surface area contributed by atoms with Gasteiger partial charge in [-0.25, -0.2) is 17.6 Å². The first-order valence-electron chi connectivity index (χ1n) is 11.4. The summed E-state index contributed by atoms with van der Waals surface area (Å²) in [5.74, 6) is -8.00. The molecule has 0 aliphatic heterocycles. The van der Waals surface area contributed by atoms with Crippen LogP contribution in [-0.2, 0) is 15.9 Å². The van der Waals surface area contributed by atoms with Gasteiger partial charge in [-0.15, -0.1) is 0 Å². The molecule has 1 rings (SSSR count). The van der Waals surface area contributed by atoms with Gasteiger partial charge in [0.05, 0.1) is 0 Å². The van der Waals surface area contributed by atoms with Crippen molar-refractivity contribution in [3.05, 3.63) is 34.9 Å². The fraction of sp³-hybridized carbons (Fsp3) is 0.750. The van der Waals surface area contributed by atoms with Crippen molar-refractivity contribution in [3.8, 4) is 0 Å². The fourth-order valence-electron chi connectivity index (χ4n) is 3.96. The molecule has 0 heterocycles. The highest BCUT2D eigenvalue weighted by Gasteiger charge is 2.36. The standard InChI is InChI=1S/C24H38F4O3/c1-4-5-6-7-8-12-15-19(24(29,30-2)31-3)16-13-10-9-11-14-18-17-20(25)22(27)23(28)21(18)26/h17,19,29H,4-16H2,1-3H3. The normalized spacial score (nSPS) is 13.0. The van der Waals surface area contributed by atoms with Gasteiger partial charge >= 0.3 is 0 Å². The Morgan fingerprint density at radius 3 is 1.84 bits per heavy atom. The summed E-state index contributed by atoms with van der Waals surface area (Å²) in [5, 5.41) is 10.6. The van der Waals surface area contributed by atoms with Crippen molar-refractivity contribution in [3.63, 3.8) is 0 Å². The third kappa shape index (κ3) is 9.07. The minimum Gasteiger partial charge on any atom is -0.343 e. The largest absolute Gasteiger partial charge is 0.343 e. The Labute approximate surface area is 184 Å². The molecule has 3 nitrogen and oxygen atoms in total. The Kier molecular flexibility index (Phi) is 13.3. The average Bonchev–Trinajstić information content (AvgIpc) is 2.78. The van der Waals surface area contributed by atoms with E-state index in [-0.39, 0.29) is 17.9 Å². The van der Waals surface area contributed by atoms with Crippen LogP contribution in [0.15, 0.2) is 6.07 Å². The smallest absolute Gasteiger partial charge is 0.282 e. The first kappa shape index (κ1) is 27.9. The van der Waals surface area contributed by atoms with Crippen LogP contribution in [0.4, 0.5) is 17.6 Å². The maximum atomic E-state index is 13.7. The zero-order valence-corrected chi connectivity index (χ0v) is 19.1. The Morgan fingerprint density at radius 2 is 1.29 bits per heavy atom. The van der Waals surface area contributed by atoms with Crippen LogP contribution in [0.1, 0.15) is 89.5 Å². The minimum atomic E-state index is -1.78. The molecule has 1 unspecified atom stereocenters. The number of unbranched alkanes of at least 4 members (excludes halogenated alkanes) is 8. The van der Waals surface area contributed by atoms with E-state index < -0.39 is 29.2 Å². The summed E-state index contributed by atoms with van der Waals surface area (Å²) < 4.78 is 63.7. The second-order valence-corrected chi connectivity index (χ2v) is 8.20. The number of hydrogen-bond acceptors (Lipinski definition) is 3. The zero-order chi connectivity index (χ0) is 23.3. The fourth-order valence-corrected chi connectivity index (χ4v) is 3.96. The van der Waals surface area contributed by atoms with Crippen molar-refractivity contribution in [1.82, 2.24) is 0 Å². The van der Waals surface area contributed by atoms with Gasteiger partial charge in [-0.3, -0.25) is 0 Å². The Morgan fingerprint density at radius 1 is 0.774 bits per heavy atom. The summed E-state index contributed by atoms with van der Waals surface area (Å²) in [5.41, 5.74) is -0.148. The highest BCUT2D eigenvalue weighted by molar-refractivity contribution is 5.21. The number of benzene rings is 1. The van der Waals surface area contributed by atoms with Crippen LogP contribution in [0.5, 0.6) is 0 Å². The molecule has 0 fully saturated rings. The number of halogens is 4. The number of rotatable bonds is 17. The second kappa shape index (κ2) is 14.8. The summed E-state index contributed by atoms with van der Waals surface area (Å²) in [6.45, 7) is 2.18. The second-order valence-electron chi connectivity index (χ2n) is 8.20. The Hall–Kier alpha value is -1.18. The van der Waals surface area contributed by atoms with Crippen LogP contribution in [0.3, 0.4) is 0 Å². The van der Waals surface area contributed by atoms with Gasteiger partial charge in [0.2, 0.25) is 0 Å². The molecule has 1 aromatic rings. The summed E-state index contributed by atoms with van der Waals surface area (Å²) in [6, 6.07) is 0.724. The van der Waals surface area contributed by atoms with Gasteiger partial charge < -0.3 is 14.6 Å². The van der Waals surface area contributed by atoms with Crippen molar-refractivity contribution >= 4 is 0 Å². The van der Waals surface area contributed by atoms with Crippen molar-refractivity contribution in [2.45, 2.75) is 96.4 Å². The van der Waals surface area contributed by atoms with E-state index in [1.165, 1.54) is 39.9 Å². The van der Waals surface area contributed by atoms with E-state index in [0.29, 0.717) is 12.8 Å². The molecule has 1 N–H and O–H groups in total. The molecule has 0 radical (unpaired) electrons. The lowest BCUT2D eigenvalue weighted by atomic mass is 9.91. The number of methoxy groups -OCH3 is 2. The molecule has 7 heteroatoms. The number of hydrogen-bond donors (Lipinski definition) is 1. The van der Waals surface area contributed by atoms with Crippen LogP contribution in [0.2, 0.25) is 0 Å². The molecule has 31 heavy (non-hydrogen) atoms. The summed E-state index contributed by atoms with van der Waals surface area (Å²) >= 11 is 0. The third-order valence-electron chi connectivity index (χ3n) is 5.93. The maximum Gasteiger partial charge on any atom is 0.282 e. The highest BCUT2D eigenvalue weighted by Crippen LogP contribution is 2.30. The number of ether oxygens (including phenoxy) is 2. The molecule has 1 aromatic carbocycles. The van der Waals surface area contributed by atoms with E-state index in [2.05, 4.69) is 6.92 Å². The molecular weight excluding hydrogens is 412 g/mol. The molecule has 0 amide bonds. The lowest BCUT2D eigenvalue weighted by Gasteiger charge is -2.33. The van der Waals surface area contributed by atoms with E-state index in [9.17, 15) is 22.7 Å². The van der Waals surface area contributed by atoms with Crippen molar-refractivity contribution in [2.24, 2.45) is 5.92 Å². The summed E-state index contributed by atoms with van der Waals surface area (Å²) in [6.07, 6.45) is 11.5. The topological polar surface area (TPSA) is 38.7 Å². The van der Waals surface area contributed by atoms with Gasteiger partial charge in [-0.1, -0.05) is 64.7 Å². The van der Waals surface area contributed by atoms with E-state index >= 15 is 0 Å². The number of aliphatic hydroxyl groups is 1. The Balaban J connectivity index is 2.42. The van der Waals surface area contributed by atoms with Gasteiger partial charge in [-0.05, 0) is 37.3 Å². The molecule has 0 bridgehead atoms. The van der Waals surface area contributed by atoms with Gasteiger partial charge in [0.15, 0.2) is 23.3 Å². The maximum absolute atomic E-state index is 13.7. The first-order chi connectivity index (χ1) is 14.8. The molecule has 0 aromatic heterocycles. The average molecular weight is 451 g/mol. The molecule has 0 aliphatic carbocycles. The summed E-state index contributed by atoms with van der Waals surface area (Å²) in [4.78, 5) is 0. The summed E-state index contributed by atoms with van der Waals surface area (Å²) in [7, 11) is 2.85. The van der Waals surface area contributed by atoms with Crippen LogP contribution in [-0.4, -0.2) is 25.3 Å². The highest BCUT2D eigenvalue weighted by atomic mass is 19.2. The van der Waals surface area contributed by atoms with E-state index in [1.807, 2.05) is 0 Å². The third-order valence-corrected chi connectivity index (χ3v) is 5.93. The Bertz CT molecular complexity index is 636. The SMILES string of the molecule is CCCCCCCCC(CCCCCCc1cc(F)c(F)c(F)c1F)C(O)(OC)OC. The van der Waals surface area contributed by atoms with Crippen LogP contribution in [0.25, 0.3) is 0 Å². The molecule has 0 spiro atoms. The lowest BCUT2D eigenvalue weighted by Crippen LogP contribution is -2.42.